The summed E-state index contributed by atoms with van der Waals surface area (Å²) in [5, 5.41) is 22.6. The van der Waals surface area contributed by atoms with E-state index in [1.165, 1.54) is 66.8 Å². The molecule has 15 rings (SSSR count). The van der Waals surface area contributed by atoms with Gasteiger partial charge in [-0.3, -0.25) is 0 Å². The van der Waals surface area contributed by atoms with Crippen LogP contribution in [0.15, 0.2) is 291 Å². The quantitative estimate of drug-likeness (QED) is 0.120. The van der Waals surface area contributed by atoms with Crippen molar-refractivity contribution in [3.05, 3.63) is 369 Å². The SMILES string of the molecule is COc1ccc(C2(c3ccc(P(=O)(c4ccc(C5(c6ccc(CO)cc6)c6ccccc6-c6ccccc65)cc4)c4ccc(C5(c6ccc(CO)cc6)c6ccccc6-c6ccccc65)cc4)cc3)c3ccccc3-c3ccccc32)cc1. The van der Waals surface area contributed by atoms with Gasteiger partial charge in [-0.25, -0.2) is 0 Å². The second kappa shape index (κ2) is 19.7. The van der Waals surface area contributed by atoms with E-state index < -0.39 is 23.4 Å². The smallest absolute Gasteiger partial charge is 0.171 e. The number of hydrogen-bond acceptors (Lipinski definition) is 4. The van der Waals surface area contributed by atoms with Crippen molar-refractivity contribution < 1.29 is 19.5 Å². The lowest BCUT2D eigenvalue weighted by Gasteiger charge is -2.35. The van der Waals surface area contributed by atoms with E-state index in [-0.39, 0.29) is 13.2 Å². The molecule has 0 radical (unpaired) electrons. The molecule has 0 saturated heterocycles. The molecule has 0 aromatic heterocycles. The normalized spacial score (nSPS) is 14.4. The Kier molecular flexibility index (Phi) is 12.0. The van der Waals surface area contributed by atoms with Gasteiger partial charge in [0.05, 0.1) is 36.6 Å². The molecule has 0 spiro atoms. The van der Waals surface area contributed by atoms with Crippen molar-refractivity contribution in [2.24, 2.45) is 0 Å². The molecule has 0 aliphatic heterocycles. The fourth-order valence-corrected chi connectivity index (χ4v) is 17.4. The molecule has 0 fully saturated rings. The van der Waals surface area contributed by atoms with Crippen LogP contribution in [0.1, 0.15) is 77.9 Å². The Morgan fingerprint density at radius 1 is 0.289 bits per heavy atom. The van der Waals surface area contributed by atoms with E-state index in [2.05, 4.69) is 255 Å². The first kappa shape index (κ1) is 50.5. The Labute approximate surface area is 484 Å². The Balaban J connectivity index is 0.941. The topological polar surface area (TPSA) is 66.8 Å². The van der Waals surface area contributed by atoms with Crippen molar-refractivity contribution in [3.63, 3.8) is 0 Å². The maximum atomic E-state index is 17.5. The summed E-state index contributed by atoms with van der Waals surface area (Å²) in [5.41, 5.74) is 20.3. The maximum Gasteiger partial charge on any atom is 0.171 e. The average Bonchev–Trinajstić information content (AvgIpc) is 2.59. The van der Waals surface area contributed by atoms with Crippen LogP contribution in [0.5, 0.6) is 5.75 Å². The molecule has 0 bridgehead atoms. The number of hydrogen-bond donors (Lipinski definition) is 2. The lowest BCUT2D eigenvalue weighted by atomic mass is 9.67. The Morgan fingerprint density at radius 3 is 0.711 bits per heavy atom. The van der Waals surface area contributed by atoms with E-state index in [0.29, 0.717) is 0 Å². The van der Waals surface area contributed by atoms with Crippen LogP contribution in [-0.2, 0) is 34.0 Å². The van der Waals surface area contributed by atoms with Crippen LogP contribution in [0.25, 0.3) is 33.4 Å². The third-order valence-corrected chi connectivity index (χ3v) is 21.6. The Bertz CT molecular complexity index is 3910. The van der Waals surface area contributed by atoms with Gasteiger partial charge in [0.2, 0.25) is 0 Å². The molecule has 5 heteroatoms. The highest BCUT2D eigenvalue weighted by atomic mass is 31.2. The first-order chi connectivity index (χ1) is 40.9. The number of ether oxygens (including phenoxy) is 1. The van der Waals surface area contributed by atoms with Crippen LogP contribution in [0, 0.1) is 0 Å². The van der Waals surface area contributed by atoms with Crippen molar-refractivity contribution in [2.45, 2.75) is 29.5 Å². The second-order valence-electron chi connectivity index (χ2n) is 22.2. The fraction of sp³-hybridized carbons (Fsp3) is 0.0769. The minimum atomic E-state index is -3.71. The first-order valence-electron chi connectivity index (χ1n) is 28.4. The summed E-state index contributed by atoms with van der Waals surface area (Å²) < 4.78 is 23.2. The molecule has 0 amide bonds. The molecular formula is C78H57O4P. The molecule has 83 heavy (non-hydrogen) atoms. The summed E-state index contributed by atoms with van der Waals surface area (Å²) in [4.78, 5) is 0. The summed E-state index contributed by atoms with van der Waals surface area (Å²) in [5.74, 6) is 0.788. The largest absolute Gasteiger partial charge is 0.497 e. The third kappa shape index (κ3) is 7.17. The van der Waals surface area contributed by atoms with E-state index in [4.69, 9.17) is 4.74 Å². The van der Waals surface area contributed by atoms with E-state index in [1.807, 2.05) is 36.4 Å². The molecule has 0 saturated carbocycles. The molecule has 12 aromatic rings. The second-order valence-corrected chi connectivity index (χ2v) is 25.0. The van der Waals surface area contributed by atoms with Crippen molar-refractivity contribution in [1.29, 1.82) is 0 Å². The van der Waals surface area contributed by atoms with Gasteiger partial charge in [-0.05, 0) is 123 Å². The molecule has 12 aromatic carbocycles. The van der Waals surface area contributed by atoms with Gasteiger partial charge in [0.1, 0.15) is 5.75 Å². The van der Waals surface area contributed by atoms with Crippen LogP contribution in [0.4, 0.5) is 0 Å². The number of aliphatic hydroxyl groups excluding tert-OH is 2. The lowest BCUT2D eigenvalue weighted by Crippen LogP contribution is -2.31. The maximum absolute atomic E-state index is 17.5. The first-order valence-corrected chi connectivity index (χ1v) is 30.2. The van der Waals surface area contributed by atoms with Crippen molar-refractivity contribution >= 4 is 23.1 Å². The zero-order chi connectivity index (χ0) is 55.9. The van der Waals surface area contributed by atoms with E-state index in [9.17, 15) is 10.2 Å². The van der Waals surface area contributed by atoms with Crippen LogP contribution < -0.4 is 20.7 Å². The summed E-state index contributed by atoms with van der Waals surface area (Å²) in [7, 11) is -2.01. The van der Waals surface area contributed by atoms with Crippen LogP contribution in [-0.4, -0.2) is 17.3 Å². The molecule has 3 aliphatic rings. The molecular weight excluding hydrogens is 1030 g/mol. The molecule has 0 heterocycles. The van der Waals surface area contributed by atoms with Gasteiger partial charge in [-0.15, -0.1) is 0 Å². The number of fused-ring (bicyclic) bond motifs is 9. The van der Waals surface area contributed by atoms with Crippen LogP contribution in [0.3, 0.4) is 0 Å². The monoisotopic (exact) mass is 1090 g/mol. The summed E-state index contributed by atoms with van der Waals surface area (Å²) in [6, 6.07) is 103. The molecule has 2 N–H and O–H groups in total. The number of methoxy groups -OCH3 is 1. The number of benzene rings is 12. The standard InChI is InChI=1S/C78H57O4P/c1-82-60-42-34-56(35-43-60)78(74-24-12-6-18-68(74)69-19-7-13-25-75(69)78)59-40-48-63(49-41-59)83(81,61-44-36-57(37-45-61)76(54-30-26-52(50-79)27-31-54)70-20-8-2-14-64(70)65-15-3-9-21-71(65)76)62-46-38-58(39-47-62)77(55-32-28-53(51-80)29-33-55)72-22-10-4-16-66(72)67-17-5-11-23-73(67)77/h2-49,79-80H,50-51H2,1H3. The van der Waals surface area contributed by atoms with E-state index in [0.717, 1.165) is 66.2 Å². The van der Waals surface area contributed by atoms with Crippen LogP contribution >= 0.6 is 7.14 Å². The van der Waals surface area contributed by atoms with Gasteiger partial charge in [0.15, 0.2) is 7.14 Å². The van der Waals surface area contributed by atoms with Gasteiger partial charge < -0.3 is 19.5 Å². The Morgan fingerprint density at radius 2 is 0.494 bits per heavy atom. The highest BCUT2D eigenvalue weighted by Crippen LogP contribution is 2.60. The van der Waals surface area contributed by atoms with Gasteiger partial charge in [-0.2, -0.15) is 0 Å². The average molecular weight is 1090 g/mol. The van der Waals surface area contributed by atoms with Crippen molar-refractivity contribution in [2.75, 3.05) is 7.11 Å². The molecule has 398 valence electrons. The van der Waals surface area contributed by atoms with Crippen LogP contribution in [0.2, 0.25) is 0 Å². The minimum Gasteiger partial charge on any atom is -0.497 e. The summed E-state index contributed by atoms with van der Waals surface area (Å²) >= 11 is 0. The van der Waals surface area contributed by atoms with E-state index in [1.54, 1.807) is 7.11 Å². The summed E-state index contributed by atoms with van der Waals surface area (Å²) in [6.07, 6.45) is 0. The molecule has 3 aliphatic carbocycles. The molecule has 4 nitrogen and oxygen atoms in total. The van der Waals surface area contributed by atoms with Gasteiger partial charge in [0, 0.05) is 15.9 Å². The number of aliphatic hydroxyl groups is 2. The van der Waals surface area contributed by atoms with Crippen molar-refractivity contribution in [1.82, 2.24) is 0 Å². The highest BCUT2D eigenvalue weighted by molar-refractivity contribution is 7.85. The predicted octanol–water partition coefficient (Wildman–Crippen LogP) is 15.4. The number of rotatable bonds is 12. The highest BCUT2D eigenvalue weighted by Gasteiger charge is 2.49. The van der Waals surface area contributed by atoms with Gasteiger partial charge in [-0.1, -0.05) is 279 Å². The Hall–Kier alpha value is -9.41. The zero-order valence-electron chi connectivity index (χ0n) is 45.8. The predicted molar refractivity (Wildman–Crippen MR) is 336 cm³/mol. The van der Waals surface area contributed by atoms with Gasteiger partial charge in [0.25, 0.3) is 0 Å². The minimum absolute atomic E-state index is 0.0469. The summed E-state index contributed by atoms with van der Waals surface area (Å²) in [6.45, 7) is -0.0938. The fourth-order valence-electron chi connectivity index (χ4n) is 14.8. The van der Waals surface area contributed by atoms with Gasteiger partial charge >= 0.3 is 0 Å². The lowest BCUT2D eigenvalue weighted by molar-refractivity contribution is 0.281. The molecule has 0 atom stereocenters. The van der Waals surface area contributed by atoms with Crippen molar-refractivity contribution in [3.8, 4) is 39.1 Å². The third-order valence-electron chi connectivity index (χ3n) is 18.5. The zero-order valence-corrected chi connectivity index (χ0v) is 46.7. The molecule has 0 unspecified atom stereocenters. The van der Waals surface area contributed by atoms with E-state index >= 15 is 4.57 Å².